The highest BCUT2D eigenvalue weighted by Crippen LogP contribution is 1.88. The molecule has 2 nitrogen and oxygen atoms in total. The van der Waals surface area contributed by atoms with Gasteiger partial charge in [0.1, 0.15) is 6.61 Å². The van der Waals surface area contributed by atoms with Crippen LogP contribution in [-0.4, -0.2) is 12.8 Å². The van der Waals surface area contributed by atoms with E-state index in [1.54, 1.807) is 0 Å². The molecule has 0 radical (unpaired) electrons. The third kappa shape index (κ3) is 7.47. The van der Waals surface area contributed by atoms with Gasteiger partial charge < -0.3 is 4.84 Å². The van der Waals surface area contributed by atoms with Crippen LogP contribution in [0.4, 0.5) is 0 Å². The Morgan fingerprint density at radius 3 is 2.70 bits per heavy atom. The van der Waals surface area contributed by atoms with E-state index in [0.29, 0.717) is 0 Å². The molecule has 0 N–H and O–H groups in total. The Labute approximate surface area is 63.3 Å². The number of unbranched alkanes of at least 4 members (excludes halogenated alkanes) is 2. The first-order valence-electron chi connectivity index (χ1n) is 4.05. The fourth-order valence-electron chi connectivity index (χ4n) is 0.496. The highest BCUT2D eigenvalue weighted by atomic mass is 16.6. The number of rotatable bonds is 6. The molecular formula is C8H17NO. The van der Waals surface area contributed by atoms with Crippen LogP contribution in [0, 0.1) is 0 Å². The summed E-state index contributed by atoms with van der Waals surface area (Å²) < 4.78 is 0. The van der Waals surface area contributed by atoms with Gasteiger partial charge in [-0.1, -0.05) is 31.8 Å². The van der Waals surface area contributed by atoms with Crippen LogP contribution < -0.4 is 0 Å². The molecule has 2 heteroatoms. The minimum Gasteiger partial charge on any atom is -0.396 e. The van der Waals surface area contributed by atoms with Gasteiger partial charge in [-0.2, -0.15) is 0 Å². The molecule has 60 valence electrons. The maximum Gasteiger partial charge on any atom is 0.117 e. The molecule has 0 aliphatic rings. The molecule has 0 aromatic rings. The summed E-state index contributed by atoms with van der Waals surface area (Å²) in [4.78, 5) is 4.95. The van der Waals surface area contributed by atoms with Crippen molar-refractivity contribution in [3.05, 3.63) is 0 Å². The molecule has 0 saturated carbocycles. The molecule has 0 aromatic carbocycles. The van der Waals surface area contributed by atoms with E-state index < -0.39 is 0 Å². The first-order chi connectivity index (χ1) is 4.91. The fraction of sp³-hybridized carbons (Fsp3) is 0.875. The summed E-state index contributed by atoms with van der Waals surface area (Å²) in [6.07, 6.45) is 6.26. The van der Waals surface area contributed by atoms with Crippen molar-refractivity contribution in [2.45, 2.75) is 39.5 Å². The Kier molecular flexibility index (Phi) is 8.02. The maximum absolute atomic E-state index is 4.95. The van der Waals surface area contributed by atoms with Crippen LogP contribution in [-0.2, 0) is 4.84 Å². The summed E-state index contributed by atoms with van der Waals surface area (Å²) in [5.74, 6) is 0. The van der Waals surface area contributed by atoms with Gasteiger partial charge in [-0.25, -0.2) is 0 Å². The lowest BCUT2D eigenvalue weighted by atomic mass is 10.4. The van der Waals surface area contributed by atoms with Crippen LogP contribution in [0.2, 0.25) is 0 Å². The predicted molar refractivity (Wildman–Crippen MR) is 44.3 cm³/mol. The molecule has 0 fully saturated rings. The second-order valence-corrected chi connectivity index (χ2v) is 2.26. The minimum atomic E-state index is 0.761. The average molecular weight is 143 g/mol. The number of nitrogens with zero attached hydrogens (tertiary/aromatic N) is 1. The van der Waals surface area contributed by atoms with E-state index in [1.807, 2.05) is 6.21 Å². The molecule has 0 spiro atoms. The Morgan fingerprint density at radius 1 is 1.30 bits per heavy atom. The predicted octanol–water partition coefficient (Wildman–Crippen LogP) is 2.59. The molecule has 0 aromatic heterocycles. The van der Waals surface area contributed by atoms with Crippen molar-refractivity contribution in [1.82, 2.24) is 0 Å². The second-order valence-electron chi connectivity index (χ2n) is 2.26. The maximum atomic E-state index is 4.95. The Bertz CT molecular complexity index is 81.3. The lowest BCUT2D eigenvalue weighted by Gasteiger charge is -1.94. The zero-order chi connectivity index (χ0) is 7.66. The van der Waals surface area contributed by atoms with Crippen molar-refractivity contribution in [3.8, 4) is 0 Å². The Balaban J connectivity index is 2.88. The van der Waals surface area contributed by atoms with Gasteiger partial charge in [0.15, 0.2) is 0 Å². The van der Waals surface area contributed by atoms with Crippen LogP contribution in [0.5, 0.6) is 0 Å². The van der Waals surface area contributed by atoms with Crippen molar-refractivity contribution in [2.75, 3.05) is 6.61 Å². The molecule has 0 atom stereocenters. The minimum absolute atomic E-state index is 0.761. The van der Waals surface area contributed by atoms with Crippen molar-refractivity contribution < 1.29 is 4.84 Å². The smallest absolute Gasteiger partial charge is 0.117 e. The quantitative estimate of drug-likeness (QED) is 0.318. The normalized spacial score (nSPS) is 10.6. The van der Waals surface area contributed by atoms with Gasteiger partial charge >= 0.3 is 0 Å². The molecule has 10 heavy (non-hydrogen) atoms. The highest BCUT2D eigenvalue weighted by molar-refractivity contribution is 5.55. The van der Waals surface area contributed by atoms with Crippen molar-refractivity contribution in [3.63, 3.8) is 0 Å². The van der Waals surface area contributed by atoms with Gasteiger partial charge in [0.2, 0.25) is 0 Å². The average Bonchev–Trinajstić information content (AvgIpc) is 1.97. The van der Waals surface area contributed by atoms with E-state index in [2.05, 4.69) is 19.0 Å². The third-order valence-corrected chi connectivity index (χ3v) is 1.16. The van der Waals surface area contributed by atoms with Gasteiger partial charge in [-0.3, -0.25) is 0 Å². The van der Waals surface area contributed by atoms with Crippen LogP contribution in [0.3, 0.4) is 0 Å². The molecule has 0 amide bonds. The Hall–Kier alpha value is -0.530. The summed E-state index contributed by atoms with van der Waals surface area (Å²) in [7, 11) is 0. The fourth-order valence-corrected chi connectivity index (χ4v) is 0.496. The van der Waals surface area contributed by atoms with Crippen molar-refractivity contribution in [2.24, 2.45) is 5.16 Å². The monoisotopic (exact) mass is 143 g/mol. The first-order valence-corrected chi connectivity index (χ1v) is 4.05. The standard InChI is InChI=1S/C8H17NO/c1-3-5-7-9-10-8-6-4-2/h7H,3-6,8H2,1-2H3/b9-7-. The summed E-state index contributed by atoms with van der Waals surface area (Å²) >= 11 is 0. The topological polar surface area (TPSA) is 21.6 Å². The van der Waals surface area contributed by atoms with Crippen LogP contribution >= 0.6 is 0 Å². The van der Waals surface area contributed by atoms with Crippen molar-refractivity contribution in [1.29, 1.82) is 0 Å². The molecule has 0 bridgehead atoms. The highest BCUT2D eigenvalue weighted by Gasteiger charge is 1.80. The van der Waals surface area contributed by atoms with E-state index in [-0.39, 0.29) is 0 Å². The van der Waals surface area contributed by atoms with E-state index in [1.165, 1.54) is 6.42 Å². The summed E-state index contributed by atoms with van der Waals surface area (Å²) in [5.41, 5.74) is 0. The lowest BCUT2D eigenvalue weighted by Crippen LogP contribution is -1.86. The van der Waals surface area contributed by atoms with Crippen molar-refractivity contribution >= 4 is 6.21 Å². The van der Waals surface area contributed by atoms with E-state index in [0.717, 1.165) is 25.9 Å². The Morgan fingerprint density at radius 2 is 2.10 bits per heavy atom. The number of hydrogen-bond donors (Lipinski definition) is 0. The number of oxime groups is 1. The van der Waals surface area contributed by atoms with E-state index >= 15 is 0 Å². The molecule has 0 saturated heterocycles. The van der Waals surface area contributed by atoms with Crippen LogP contribution in [0.15, 0.2) is 5.16 Å². The third-order valence-electron chi connectivity index (χ3n) is 1.16. The zero-order valence-corrected chi connectivity index (χ0v) is 6.97. The SMILES string of the molecule is CCC/C=N\OCCCC. The van der Waals surface area contributed by atoms with Gasteiger partial charge in [0.05, 0.1) is 0 Å². The lowest BCUT2D eigenvalue weighted by molar-refractivity contribution is 0.142. The molecule has 0 aliphatic heterocycles. The molecule has 0 aliphatic carbocycles. The summed E-state index contributed by atoms with van der Waals surface area (Å²) in [6.45, 7) is 5.02. The van der Waals surface area contributed by atoms with Gasteiger partial charge in [-0.05, 0) is 12.8 Å². The summed E-state index contributed by atoms with van der Waals surface area (Å²) in [5, 5.41) is 3.77. The van der Waals surface area contributed by atoms with E-state index in [4.69, 9.17) is 4.84 Å². The second kappa shape index (κ2) is 8.47. The molecular weight excluding hydrogens is 126 g/mol. The van der Waals surface area contributed by atoms with Crippen LogP contribution in [0.1, 0.15) is 39.5 Å². The largest absolute Gasteiger partial charge is 0.396 e. The molecule has 0 rings (SSSR count). The van der Waals surface area contributed by atoms with Crippen LogP contribution in [0.25, 0.3) is 0 Å². The molecule has 0 unspecified atom stereocenters. The molecule has 0 heterocycles. The van der Waals surface area contributed by atoms with E-state index in [9.17, 15) is 0 Å². The van der Waals surface area contributed by atoms with Gasteiger partial charge in [-0.15, -0.1) is 0 Å². The summed E-state index contributed by atoms with van der Waals surface area (Å²) in [6, 6.07) is 0. The van der Waals surface area contributed by atoms with Gasteiger partial charge in [0.25, 0.3) is 0 Å². The van der Waals surface area contributed by atoms with Gasteiger partial charge in [0, 0.05) is 6.21 Å². The zero-order valence-electron chi connectivity index (χ0n) is 6.97. The first kappa shape index (κ1) is 9.47. The number of hydrogen-bond acceptors (Lipinski definition) is 2.